The Morgan fingerprint density at radius 3 is 2.45 bits per heavy atom. The Labute approximate surface area is 170 Å². The number of carbonyl (C=O) groups is 2. The van der Waals surface area contributed by atoms with Crippen molar-refractivity contribution < 1.29 is 18.0 Å². The molecule has 2 N–H and O–H groups in total. The number of carbonyl (C=O) groups excluding carboxylic acids is 2. The molecule has 158 valence electrons. The number of hydrogen-bond donors (Lipinski definition) is 2. The van der Waals surface area contributed by atoms with Crippen molar-refractivity contribution in [3.63, 3.8) is 0 Å². The largest absolute Gasteiger partial charge is 0.361 e. The van der Waals surface area contributed by atoms with E-state index >= 15 is 0 Å². The van der Waals surface area contributed by atoms with Crippen molar-refractivity contribution in [3.8, 4) is 0 Å². The van der Waals surface area contributed by atoms with Crippen LogP contribution in [0.2, 0.25) is 0 Å². The monoisotopic (exact) mass is 421 g/mol. The molecule has 2 amide bonds. The van der Waals surface area contributed by atoms with Crippen LogP contribution in [0.1, 0.15) is 12.5 Å². The summed E-state index contributed by atoms with van der Waals surface area (Å²) in [7, 11) is -0.525. The zero-order valence-electron chi connectivity index (χ0n) is 16.9. The number of aromatic nitrogens is 1. The van der Waals surface area contributed by atoms with Crippen molar-refractivity contribution in [1.29, 1.82) is 0 Å². The quantitative estimate of drug-likeness (QED) is 0.693. The molecule has 1 aliphatic rings. The molecule has 29 heavy (non-hydrogen) atoms. The number of H-pyrrole nitrogens is 1. The van der Waals surface area contributed by atoms with Crippen LogP contribution in [0.15, 0.2) is 30.5 Å². The number of benzene rings is 1. The first-order valence-corrected chi connectivity index (χ1v) is 10.9. The highest BCUT2D eigenvalue weighted by Gasteiger charge is 2.33. The molecule has 10 heteroatoms. The lowest BCUT2D eigenvalue weighted by molar-refractivity contribution is -0.137. The van der Waals surface area contributed by atoms with Gasteiger partial charge in [0.05, 0.1) is 0 Å². The van der Waals surface area contributed by atoms with Crippen molar-refractivity contribution in [1.82, 2.24) is 23.8 Å². The highest BCUT2D eigenvalue weighted by Crippen LogP contribution is 2.20. The average Bonchev–Trinajstić information content (AvgIpc) is 3.09. The summed E-state index contributed by atoms with van der Waals surface area (Å²) in [6.07, 6.45) is 2.22. The fraction of sp³-hybridized carbons (Fsp3) is 0.474. The number of piperazine rings is 1. The number of nitrogens with zero attached hydrogens (tertiary/aromatic N) is 3. The molecule has 2 aromatic rings. The van der Waals surface area contributed by atoms with Crippen LogP contribution < -0.4 is 5.32 Å². The normalized spacial score (nSPS) is 16.9. The molecule has 1 aliphatic heterocycles. The topological polar surface area (TPSA) is 106 Å². The summed E-state index contributed by atoms with van der Waals surface area (Å²) in [4.78, 5) is 29.6. The van der Waals surface area contributed by atoms with E-state index in [0.29, 0.717) is 6.42 Å². The Kier molecular flexibility index (Phi) is 6.25. The summed E-state index contributed by atoms with van der Waals surface area (Å²) in [5.74, 6) is -0.482. The maximum Gasteiger partial charge on any atom is 0.281 e. The summed E-state index contributed by atoms with van der Waals surface area (Å²) in [5, 5.41) is 3.77. The molecule has 1 atom stereocenters. The summed E-state index contributed by atoms with van der Waals surface area (Å²) >= 11 is 0. The summed E-state index contributed by atoms with van der Waals surface area (Å²) in [6.45, 7) is 2.42. The minimum atomic E-state index is -3.50. The molecule has 0 radical (unpaired) electrons. The molecule has 1 unspecified atom stereocenters. The van der Waals surface area contributed by atoms with Gasteiger partial charge in [-0.1, -0.05) is 18.2 Å². The first-order chi connectivity index (χ1) is 13.7. The van der Waals surface area contributed by atoms with Crippen LogP contribution in [-0.4, -0.2) is 85.0 Å². The molecule has 9 nitrogen and oxygen atoms in total. The van der Waals surface area contributed by atoms with Gasteiger partial charge >= 0.3 is 0 Å². The van der Waals surface area contributed by atoms with E-state index in [2.05, 4.69) is 10.3 Å². The van der Waals surface area contributed by atoms with Crippen LogP contribution in [0.4, 0.5) is 0 Å². The van der Waals surface area contributed by atoms with Gasteiger partial charge in [-0.2, -0.15) is 17.0 Å². The van der Waals surface area contributed by atoms with Gasteiger partial charge in [0.1, 0.15) is 6.04 Å². The molecular formula is C19H27N5O4S. The molecule has 1 fully saturated rings. The highest BCUT2D eigenvalue weighted by atomic mass is 32.2. The van der Waals surface area contributed by atoms with Gasteiger partial charge in [0.2, 0.25) is 11.8 Å². The van der Waals surface area contributed by atoms with Crippen molar-refractivity contribution >= 4 is 32.9 Å². The first-order valence-electron chi connectivity index (χ1n) is 9.48. The van der Waals surface area contributed by atoms with Crippen molar-refractivity contribution in [3.05, 3.63) is 36.0 Å². The van der Waals surface area contributed by atoms with E-state index in [-0.39, 0.29) is 38.0 Å². The fourth-order valence-electron chi connectivity index (χ4n) is 3.56. The van der Waals surface area contributed by atoms with Crippen molar-refractivity contribution in [2.75, 3.05) is 40.3 Å². The number of rotatable bonds is 6. The number of para-hydroxylation sites is 1. The Morgan fingerprint density at radius 2 is 1.83 bits per heavy atom. The third-order valence-corrected chi connectivity index (χ3v) is 7.05. The second-order valence-corrected chi connectivity index (χ2v) is 9.47. The summed E-state index contributed by atoms with van der Waals surface area (Å²) < 4.78 is 27.1. The molecule has 3 rings (SSSR count). The van der Waals surface area contributed by atoms with Crippen molar-refractivity contribution in [2.24, 2.45) is 0 Å². The van der Waals surface area contributed by atoms with Gasteiger partial charge in [0, 0.05) is 70.7 Å². The molecule has 1 aromatic carbocycles. The third-order valence-electron chi connectivity index (χ3n) is 5.11. The lowest BCUT2D eigenvalue weighted by Gasteiger charge is -2.36. The molecule has 2 heterocycles. The standard InChI is InChI=1S/C19H27N5O4S/c1-14(25)21-18(12-15-13-20-17-7-5-4-6-16(15)17)19(26)23-8-10-24(11-9-23)29(27,28)22(2)3/h4-7,13,18,20H,8-12H2,1-3H3,(H,21,25). The number of fused-ring (bicyclic) bond motifs is 1. The van der Waals surface area contributed by atoms with Crippen LogP contribution in [0.5, 0.6) is 0 Å². The Morgan fingerprint density at radius 1 is 1.17 bits per heavy atom. The van der Waals surface area contributed by atoms with E-state index in [1.807, 2.05) is 30.5 Å². The van der Waals surface area contributed by atoms with E-state index in [4.69, 9.17) is 0 Å². The predicted molar refractivity (Wildman–Crippen MR) is 110 cm³/mol. The molecule has 0 bridgehead atoms. The molecule has 0 spiro atoms. The minimum absolute atomic E-state index is 0.201. The Balaban J connectivity index is 1.73. The van der Waals surface area contributed by atoms with E-state index < -0.39 is 16.3 Å². The number of aromatic amines is 1. The van der Waals surface area contributed by atoms with E-state index in [1.54, 1.807) is 4.90 Å². The molecule has 0 saturated carbocycles. The first kappa shape index (κ1) is 21.3. The van der Waals surface area contributed by atoms with Crippen molar-refractivity contribution in [2.45, 2.75) is 19.4 Å². The lowest BCUT2D eigenvalue weighted by atomic mass is 10.0. The predicted octanol–water partition coefficient (Wildman–Crippen LogP) is 0.166. The molecule has 1 aromatic heterocycles. The van der Waals surface area contributed by atoms with Crippen LogP contribution in [0.3, 0.4) is 0 Å². The maximum absolute atomic E-state index is 13.1. The zero-order chi connectivity index (χ0) is 21.2. The number of nitrogens with one attached hydrogen (secondary N) is 2. The van der Waals surface area contributed by atoms with Gasteiger partial charge in [-0.05, 0) is 11.6 Å². The Bertz CT molecular complexity index is 993. The lowest BCUT2D eigenvalue weighted by Crippen LogP contribution is -2.57. The summed E-state index contributed by atoms with van der Waals surface area (Å²) in [6, 6.07) is 7.09. The average molecular weight is 422 g/mol. The van der Waals surface area contributed by atoms with E-state index in [1.165, 1.54) is 29.6 Å². The van der Waals surface area contributed by atoms with Gasteiger partial charge in [0.15, 0.2) is 0 Å². The molecular weight excluding hydrogens is 394 g/mol. The zero-order valence-corrected chi connectivity index (χ0v) is 17.7. The van der Waals surface area contributed by atoms with Gasteiger partial charge < -0.3 is 15.2 Å². The van der Waals surface area contributed by atoms with Crippen LogP contribution in [0.25, 0.3) is 10.9 Å². The highest BCUT2D eigenvalue weighted by molar-refractivity contribution is 7.86. The molecule has 0 aliphatic carbocycles. The second kappa shape index (κ2) is 8.52. The van der Waals surface area contributed by atoms with Crippen LogP contribution in [0, 0.1) is 0 Å². The van der Waals surface area contributed by atoms with Gasteiger partial charge in [-0.3, -0.25) is 9.59 Å². The van der Waals surface area contributed by atoms with Gasteiger partial charge in [0.25, 0.3) is 10.2 Å². The molecule has 1 saturated heterocycles. The minimum Gasteiger partial charge on any atom is -0.361 e. The second-order valence-electron chi connectivity index (χ2n) is 7.33. The number of hydrogen-bond acceptors (Lipinski definition) is 4. The van der Waals surface area contributed by atoms with Crippen LogP contribution in [-0.2, 0) is 26.2 Å². The summed E-state index contributed by atoms with van der Waals surface area (Å²) in [5.41, 5.74) is 1.92. The number of amides is 2. The van der Waals surface area contributed by atoms with E-state index in [0.717, 1.165) is 16.5 Å². The third kappa shape index (κ3) is 4.60. The van der Waals surface area contributed by atoms with Crippen LogP contribution >= 0.6 is 0 Å². The van der Waals surface area contributed by atoms with Gasteiger partial charge in [-0.25, -0.2) is 0 Å². The maximum atomic E-state index is 13.1. The van der Waals surface area contributed by atoms with E-state index in [9.17, 15) is 18.0 Å². The fourth-order valence-corrected chi connectivity index (χ4v) is 4.64. The Hall–Kier alpha value is -2.43. The smallest absolute Gasteiger partial charge is 0.281 e. The SMILES string of the molecule is CC(=O)NC(Cc1c[nH]c2ccccc12)C(=O)N1CCN(S(=O)(=O)N(C)C)CC1. The van der Waals surface area contributed by atoms with Gasteiger partial charge in [-0.15, -0.1) is 0 Å².